The summed E-state index contributed by atoms with van der Waals surface area (Å²) in [5.41, 5.74) is 5.16. The number of hydrogen-bond donors (Lipinski definition) is 2. The van der Waals surface area contributed by atoms with E-state index < -0.39 is 12.1 Å². The van der Waals surface area contributed by atoms with Crippen LogP contribution in [0.5, 0.6) is 0 Å². The number of carbonyl (C=O) groups excluding carboxylic acids is 2. The number of carbonyl (C=O) groups is 2. The third kappa shape index (κ3) is 4.20. The molecule has 1 fully saturated rings. The lowest BCUT2D eigenvalue weighted by atomic mass is 10.00. The van der Waals surface area contributed by atoms with Crippen molar-refractivity contribution in [3.63, 3.8) is 0 Å². The van der Waals surface area contributed by atoms with E-state index in [1.807, 2.05) is 54.7 Å². The molecule has 1 aliphatic heterocycles. The molecule has 0 saturated carbocycles. The molecular formula is C23H19ClN3O2+. The zero-order chi connectivity index (χ0) is 20.2. The molecule has 4 rings (SSSR count). The smallest absolute Gasteiger partial charge is 0.304 e. The zero-order valence-electron chi connectivity index (χ0n) is 15.5. The maximum absolute atomic E-state index is 12.8. The van der Waals surface area contributed by atoms with Crippen LogP contribution in [0.4, 0.5) is 0 Å². The second-order valence-electron chi connectivity index (χ2n) is 6.74. The number of nitrogens with zero attached hydrogens (tertiary/aromatic N) is 1. The molecule has 0 aliphatic carbocycles. The maximum atomic E-state index is 12.8. The lowest BCUT2D eigenvalue weighted by Gasteiger charge is -2.14. The molecule has 1 saturated heterocycles. The molecule has 0 bridgehead atoms. The number of hydrazone groups is 1. The van der Waals surface area contributed by atoms with Crippen molar-refractivity contribution >= 4 is 29.6 Å². The first-order valence-electron chi connectivity index (χ1n) is 9.22. The van der Waals surface area contributed by atoms with Crippen LogP contribution in [0.3, 0.4) is 0 Å². The van der Waals surface area contributed by atoms with Crippen molar-refractivity contribution < 1.29 is 14.3 Å². The van der Waals surface area contributed by atoms with Crippen molar-refractivity contribution in [2.75, 3.05) is 0 Å². The molecule has 2 N–H and O–H groups in total. The van der Waals surface area contributed by atoms with E-state index in [0.717, 1.165) is 11.1 Å². The number of benzene rings is 3. The van der Waals surface area contributed by atoms with Gasteiger partial charge in [-0.3, -0.25) is 9.59 Å². The third-order valence-electron chi connectivity index (χ3n) is 4.76. The van der Waals surface area contributed by atoms with E-state index in [0.29, 0.717) is 10.6 Å². The Bertz CT molecular complexity index is 1050. The molecule has 1 heterocycles. The molecule has 3 aromatic rings. The summed E-state index contributed by atoms with van der Waals surface area (Å²) >= 11 is 6.04. The van der Waals surface area contributed by atoms with Crippen molar-refractivity contribution in [2.24, 2.45) is 0 Å². The Morgan fingerprint density at radius 2 is 1.55 bits per heavy atom. The number of halogens is 1. The number of rotatable bonds is 4. The Labute approximate surface area is 173 Å². The molecular weight excluding hydrogens is 386 g/mol. The van der Waals surface area contributed by atoms with Gasteiger partial charge < -0.3 is 5.32 Å². The number of hydrazine groups is 1. The Kier molecular flexibility index (Phi) is 5.40. The van der Waals surface area contributed by atoms with Gasteiger partial charge in [0.2, 0.25) is 12.3 Å². The van der Waals surface area contributed by atoms with Crippen LogP contribution in [0, 0.1) is 0 Å². The fourth-order valence-electron chi connectivity index (χ4n) is 3.35. The van der Waals surface area contributed by atoms with Gasteiger partial charge in [-0.25, -0.2) is 0 Å². The fraction of sp³-hybridized carbons (Fsp3) is 0.0870. The van der Waals surface area contributed by atoms with Gasteiger partial charge in [0, 0.05) is 21.7 Å². The van der Waals surface area contributed by atoms with Gasteiger partial charge in [-0.2, -0.15) is 0 Å². The van der Waals surface area contributed by atoms with E-state index in [4.69, 9.17) is 11.6 Å². The second-order valence-corrected chi connectivity index (χ2v) is 7.17. The number of amides is 2. The molecule has 1 aliphatic rings. The molecule has 2 amide bonds. The minimum atomic E-state index is -0.760. The monoisotopic (exact) mass is 404 g/mol. The molecule has 0 unspecified atom stereocenters. The van der Waals surface area contributed by atoms with Crippen LogP contribution < -0.4 is 10.7 Å². The second kappa shape index (κ2) is 8.29. The van der Waals surface area contributed by atoms with Gasteiger partial charge in [-0.15, -0.1) is 10.1 Å². The summed E-state index contributed by atoms with van der Waals surface area (Å²) in [6.45, 7) is 0. The summed E-state index contributed by atoms with van der Waals surface area (Å²) in [6.07, 6.45) is 1.85. The van der Waals surface area contributed by atoms with Crippen molar-refractivity contribution in [1.82, 2.24) is 10.7 Å². The highest BCUT2D eigenvalue weighted by Crippen LogP contribution is 2.26. The molecule has 29 heavy (non-hydrogen) atoms. The summed E-state index contributed by atoms with van der Waals surface area (Å²) in [7, 11) is 0. The zero-order valence-corrected chi connectivity index (χ0v) is 16.2. The van der Waals surface area contributed by atoms with Crippen LogP contribution in [0.1, 0.15) is 27.5 Å². The van der Waals surface area contributed by atoms with Crippen molar-refractivity contribution in [2.45, 2.75) is 12.1 Å². The van der Waals surface area contributed by atoms with Gasteiger partial charge in [-0.05, 0) is 36.4 Å². The van der Waals surface area contributed by atoms with Crippen LogP contribution in [-0.4, -0.2) is 28.8 Å². The maximum Gasteiger partial charge on any atom is 0.304 e. The van der Waals surface area contributed by atoms with Gasteiger partial charge in [0.25, 0.3) is 5.91 Å². The molecule has 2 atom stereocenters. The molecule has 0 radical (unpaired) electrons. The Morgan fingerprint density at radius 1 is 0.931 bits per heavy atom. The third-order valence-corrected chi connectivity index (χ3v) is 5.01. The summed E-state index contributed by atoms with van der Waals surface area (Å²) in [6, 6.07) is 24.6. The molecule has 5 nitrogen and oxygen atoms in total. The number of hydrogen-bond acceptors (Lipinski definition) is 2. The van der Waals surface area contributed by atoms with Crippen LogP contribution >= 0.6 is 11.6 Å². The summed E-state index contributed by atoms with van der Waals surface area (Å²) in [5, 5.41) is 3.48. The highest BCUT2D eigenvalue weighted by atomic mass is 35.5. The minimum absolute atomic E-state index is 0.276. The average Bonchev–Trinajstić information content (AvgIpc) is 3.04. The SMILES string of the molecule is O=C(N[C@@H]1C(=O)N/[N+](=C\c2ccccc2)[C@@H]1c1ccc(Cl)cc1)c1ccccc1. The molecule has 6 heteroatoms. The first kappa shape index (κ1) is 18.9. The van der Waals surface area contributed by atoms with E-state index in [1.54, 1.807) is 41.1 Å². The Morgan fingerprint density at radius 3 is 2.21 bits per heavy atom. The van der Waals surface area contributed by atoms with Gasteiger partial charge >= 0.3 is 5.91 Å². The van der Waals surface area contributed by atoms with Gasteiger partial charge in [0.05, 0.1) is 0 Å². The molecule has 0 spiro atoms. The van der Waals surface area contributed by atoms with E-state index in [2.05, 4.69) is 10.7 Å². The van der Waals surface area contributed by atoms with Crippen molar-refractivity contribution in [3.8, 4) is 0 Å². The minimum Gasteiger partial charge on any atom is -0.334 e. The highest BCUT2D eigenvalue weighted by Gasteiger charge is 2.47. The highest BCUT2D eigenvalue weighted by molar-refractivity contribution is 6.30. The van der Waals surface area contributed by atoms with Gasteiger partial charge in [0.1, 0.15) is 0 Å². The number of nitrogens with one attached hydrogen (secondary N) is 2. The summed E-state index contributed by atoms with van der Waals surface area (Å²) in [5.74, 6) is -0.576. The topological polar surface area (TPSA) is 61.2 Å². The Balaban J connectivity index is 1.70. The van der Waals surface area contributed by atoms with Crippen LogP contribution in [0.25, 0.3) is 0 Å². The van der Waals surface area contributed by atoms with Gasteiger partial charge in [-0.1, -0.05) is 60.1 Å². The van der Waals surface area contributed by atoms with Crippen LogP contribution in [-0.2, 0) is 4.79 Å². The first-order valence-corrected chi connectivity index (χ1v) is 9.60. The largest absolute Gasteiger partial charge is 0.334 e. The lowest BCUT2D eigenvalue weighted by Crippen LogP contribution is -2.42. The van der Waals surface area contributed by atoms with Crippen molar-refractivity contribution in [1.29, 1.82) is 0 Å². The van der Waals surface area contributed by atoms with E-state index in [9.17, 15) is 9.59 Å². The van der Waals surface area contributed by atoms with Crippen LogP contribution in [0.15, 0.2) is 84.9 Å². The van der Waals surface area contributed by atoms with Crippen molar-refractivity contribution in [3.05, 3.63) is 107 Å². The normalized spacial score (nSPS) is 19.8. The van der Waals surface area contributed by atoms with E-state index in [-0.39, 0.29) is 11.8 Å². The first-order chi connectivity index (χ1) is 14.1. The standard InChI is InChI=1S/C23H18ClN3O2/c24-19-13-11-17(12-14-19)21-20(25-22(28)18-9-5-2-6-10-18)23(29)26-27(21)15-16-7-3-1-4-8-16/h1-15,20-21H,(H-,25,26,28,29)/p+1/b27-15-/t20-,21+/m0/s1. The average molecular weight is 405 g/mol. The predicted molar refractivity (Wildman–Crippen MR) is 112 cm³/mol. The lowest BCUT2D eigenvalue weighted by molar-refractivity contribution is -0.596. The van der Waals surface area contributed by atoms with Gasteiger partial charge in [0.15, 0.2) is 6.04 Å². The van der Waals surface area contributed by atoms with E-state index >= 15 is 0 Å². The Hall–Kier alpha value is -3.44. The fourth-order valence-corrected chi connectivity index (χ4v) is 3.48. The summed E-state index contributed by atoms with van der Waals surface area (Å²) in [4.78, 5) is 25.5. The quantitative estimate of drug-likeness (QED) is 0.655. The molecule has 0 aromatic heterocycles. The molecule has 3 aromatic carbocycles. The molecule has 144 valence electrons. The van der Waals surface area contributed by atoms with E-state index in [1.165, 1.54) is 0 Å². The summed E-state index contributed by atoms with van der Waals surface area (Å²) < 4.78 is 1.73. The predicted octanol–water partition coefficient (Wildman–Crippen LogP) is 3.36. The van der Waals surface area contributed by atoms with Crippen LogP contribution in [0.2, 0.25) is 5.02 Å².